The molecule has 144 valence electrons. The molecule has 0 saturated heterocycles. The molecule has 26 heavy (non-hydrogen) atoms. The van der Waals surface area contributed by atoms with E-state index in [1.54, 1.807) is 0 Å². The van der Waals surface area contributed by atoms with Gasteiger partial charge in [0, 0.05) is 5.56 Å². The SMILES string of the molecule is C=C(/C(C)=C\C(=C/CC)C(CCC)CCCC)c1cc(F)c(C)c(F)c1. The third-order valence-electron chi connectivity index (χ3n) is 4.94. The van der Waals surface area contributed by atoms with Crippen LogP contribution in [0.3, 0.4) is 0 Å². The van der Waals surface area contributed by atoms with Gasteiger partial charge in [-0.3, -0.25) is 0 Å². The maximum absolute atomic E-state index is 13.9. The zero-order valence-electron chi connectivity index (χ0n) is 17.1. The van der Waals surface area contributed by atoms with Gasteiger partial charge in [0.2, 0.25) is 0 Å². The highest BCUT2D eigenvalue weighted by atomic mass is 19.1. The van der Waals surface area contributed by atoms with E-state index >= 15 is 0 Å². The Morgan fingerprint density at radius 1 is 1.08 bits per heavy atom. The summed E-state index contributed by atoms with van der Waals surface area (Å²) in [5, 5.41) is 0. The van der Waals surface area contributed by atoms with Crippen molar-refractivity contribution >= 4 is 5.57 Å². The minimum absolute atomic E-state index is 0.0531. The zero-order chi connectivity index (χ0) is 19.7. The summed E-state index contributed by atoms with van der Waals surface area (Å²) in [5.74, 6) is -0.510. The number of rotatable bonds is 10. The quantitative estimate of drug-likeness (QED) is 0.369. The van der Waals surface area contributed by atoms with Crippen molar-refractivity contribution in [3.63, 3.8) is 0 Å². The fourth-order valence-electron chi connectivity index (χ4n) is 3.24. The summed E-state index contributed by atoms with van der Waals surface area (Å²) in [4.78, 5) is 0. The summed E-state index contributed by atoms with van der Waals surface area (Å²) in [5.41, 5.74) is 3.53. The summed E-state index contributed by atoms with van der Waals surface area (Å²) in [7, 11) is 0. The lowest BCUT2D eigenvalue weighted by Crippen LogP contribution is -2.04. The molecule has 0 N–H and O–H groups in total. The Bertz CT molecular complexity index is 642. The lowest BCUT2D eigenvalue weighted by Gasteiger charge is -2.19. The van der Waals surface area contributed by atoms with E-state index in [-0.39, 0.29) is 5.56 Å². The van der Waals surface area contributed by atoms with Gasteiger partial charge < -0.3 is 0 Å². The summed E-state index contributed by atoms with van der Waals surface area (Å²) in [6, 6.07) is 2.75. The number of halogens is 2. The van der Waals surface area contributed by atoms with Crippen LogP contribution < -0.4 is 0 Å². The molecule has 1 unspecified atom stereocenters. The molecule has 2 heteroatoms. The lowest BCUT2D eigenvalue weighted by molar-refractivity contribution is 0.495. The molecule has 0 aliphatic rings. The largest absolute Gasteiger partial charge is 0.207 e. The fraction of sp³-hybridized carbons (Fsp3) is 0.500. The third-order valence-corrected chi connectivity index (χ3v) is 4.94. The van der Waals surface area contributed by atoms with E-state index in [1.165, 1.54) is 43.9 Å². The van der Waals surface area contributed by atoms with Crippen LogP contribution in [0, 0.1) is 24.5 Å². The average Bonchev–Trinajstić information content (AvgIpc) is 2.61. The van der Waals surface area contributed by atoms with E-state index in [2.05, 4.69) is 39.5 Å². The Labute approximate surface area is 158 Å². The molecule has 0 heterocycles. The van der Waals surface area contributed by atoms with Crippen molar-refractivity contribution < 1.29 is 8.78 Å². The highest BCUT2D eigenvalue weighted by Gasteiger charge is 2.14. The second-order valence-corrected chi connectivity index (χ2v) is 7.11. The van der Waals surface area contributed by atoms with Gasteiger partial charge in [-0.15, -0.1) is 0 Å². The summed E-state index contributed by atoms with van der Waals surface area (Å²) in [6.45, 7) is 14.1. The minimum Gasteiger partial charge on any atom is -0.207 e. The smallest absolute Gasteiger partial charge is 0.129 e. The van der Waals surface area contributed by atoms with Crippen LogP contribution in [0.4, 0.5) is 8.78 Å². The van der Waals surface area contributed by atoms with Crippen LogP contribution in [0.5, 0.6) is 0 Å². The predicted octanol–water partition coefficient (Wildman–Crippen LogP) is 8.18. The minimum atomic E-state index is -0.523. The van der Waals surface area contributed by atoms with Crippen molar-refractivity contribution in [2.75, 3.05) is 0 Å². The van der Waals surface area contributed by atoms with E-state index in [9.17, 15) is 8.78 Å². The molecule has 0 fully saturated rings. The first kappa shape index (κ1) is 22.3. The standard InChI is InChI=1S/C24H34F2/c1-7-10-13-20(11-8-2)21(12-9-3)14-17(4)18(5)22-15-23(25)19(6)24(26)16-22/h12,14-16,20H,5,7-11,13H2,1-4,6H3/b17-14-,21-12+. The molecular formula is C24H34F2. The summed E-state index contributed by atoms with van der Waals surface area (Å²) >= 11 is 0. The van der Waals surface area contributed by atoms with Crippen LogP contribution in [-0.4, -0.2) is 0 Å². The Balaban J connectivity index is 3.15. The van der Waals surface area contributed by atoms with Crippen molar-refractivity contribution in [2.45, 2.75) is 73.1 Å². The normalized spacial score (nSPS) is 13.8. The van der Waals surface area contributed by atoms with E-state index in [0.717, 1.165) is 24.8 Å². The van der Waals surface area contributed by atoms with Crippen LogP contribution in [0.15, 0.2) is 42.0 Å². The van der Waals surface area contributed by atoms with Gasteiger partial charge in [-0.2, -0.15) is 0 Å². The van der Waals surface area contributed by atoms with Gasteiger partial charge in [0.15, 0.2) is 0 Å². The van der Waals surface area contributed by atoms with Crippen molar-refractivity contribution in [3.05, 3.63) is 64.8 Å². The Hall–Kier alpha value is -1.70. The molecule has 1 rings (SSSR count). The van der Waals surface area contributed by atoms with Gasteiger partial charge in [-0.05, 0) is 73.4 Å². The molecule has 0 bridgehead atoms. The number of allylic oxidation sites excluding steroid dienone is 5. The molecule has 0 radical (unpaired) electrons. The summed E-state index contributed by atoms with van der Waals surface area (Å²) in [6.07, 6.45) is 11.3. The van der Waals surface area contributed by atoms with Crippen molar-refractivity contribution in [3.8, 4) is 0 Å². The van der Waals surface area contributed by atoms with Crippen LogP contribution >= 0.6 is 0 Å². The van der Waals surface area contributed by atoms with Crippen molar-refractivity contribution in [1.82, 2.24) is 0 Å². The van der Waals surface area contributed by atoms with E-state index < -0.39 is 11.6 Å². The zero-order valence-corrected chi connectivity index (χ0v) is 17.1. The van der Waals surface area contributed by atoms with E-state index in [4.69, 9.17) is 0 Å². The predicted molar refractivity (Wildman–Crippen MR) is 110 cm³/mol. The monoisotopic (exact) mass is 360 g/mol. The van der Waals surface area contributed by atoms with Crippen molar-refractivity contribution in [2.24, 2.45) is 5.92 Å². The number of hydrogen-bond acceptors (Lipinski definition) is 0. The molecule has 0 saturated carbocycles. The molecule has 0 aromatic heterocycles. The third kappa shape index (κ3) is 6.23. The number of unbranched alkanes of at least 4 members (excludes halogenated alkanes) is 1. The first-order valence-electron chi connectivity index (χ1n) is 9.89. The first-order valence-corrected chi connectivity index (χ1v) is 9.89. The van der Waals surface area contributed by atoms with Gasteiger partial charge in [-0.1, -0.05) is 58.8 Å². The average molecular weight is 361 g/mol. The highest BCUT2D eigenvalue weighted by Crippen LogP contribution is 2.30. The van der Waals surface area contributed by atoms with Gasteiger partial charge in [0.25, 0.3) is 0 Å². The molecule has 1 aromatic carbocycles. The molecule has 0 nitrogen and oxygen atoms in total. The van der Waals surface area contributed by atoms with Crippen molar-refractivity contribution in [1.29, 1.82) is 0 Å². The maximum Gasteiger partial charge on any atom is 0.129 e. The second kappa shape index (κ2) is 11.1. The molecule has 1 atom stereocenters. The fourth-order valence-corrected chi connectivity index (χ4v) is 3.24. The Morgan fingerprint density at radius 2 is 1.69 bits per heavy atom. The number of benzene rings is 1. The number of hydrogen-bond donors (Lipinski definition) is 0. The van der Waals surface area contributed by atoms with E-state index in [0.29, 0.717) is 17.1 Å². The van der Waals surface area contributed by atoms with Gasteiger partial charge in [0.05, 0.1) is 0 Å². The summed E-state index contributed by atoms with van der Waals surface area (Å²) < 4.78 is 27.8. The molecule has 0 amide bonds. The molecule has 0 aliphatic carbocycles. The van der Waals surface area contributed by atoms with Crippen LogP contribution in [0.25, 0.3) is 5.57 Å². The molecular weight excluding hydrogens is 326 g/mol. The van der Waals surface area contributed by atoms with Crippen LogP contribution in [0.1, 0.15) is 77.3 Å². The highest BCUT2D eigenvalue weighted by molar-refractivity contribution is 5.77. The maximum atomic E-state index is 13.9. The molecule has 0 aliphatic heterocycles. The Morgan fingerprint density at radius 3 is 2.19 bits per heavy atom. The topological polar surface area (TPSA) is 0 Å². The Kier molecular flexibility index (Phi) is 9.54. The molecule has 0 spiro atoms. The van der Waals surface area contributed by atoms with Gasteiger partial charge in [-0.25, -0.2) is 8.78 Å². The molecule has 1 aromatic rings. The first-order chi connectivity index (χ1) is 12.3. The van der Waals surface area contributed by atoms with Crippen LogP contribution in [0.2, 0.25) is 0 Å². The van der Waals surface area contributed by atoms with E-state index in [1.807, 2.05) is 6.92 Å². The van der Waals surface area contributed by atoms with Gasteiger partial charge in [0.1, 0.15) is 11.6 Å². The van der Waals surface area contributed by atoms with Gasteiger partial charge >= 0.3 is 0 Å². The second-order valence-electron chi connectivity index (χ2n) is 7.11. The van der Waals surface area contributed by atoms with Crippen LogP contribution in [-0.2, 0) is 0 Å². The lowest BCUT2D eigenvalue weighted by atomic mass is 9.86.